The first kappa shape index (κ1) is 10.8. The molecule has 0 fully saturated rings. The normalized spacial score (nSPS) is 11.9. The smallest absolute Gasteiger partial charge is 0.132 e. The fourth-order valence-corrected chi connectivity index (χ4v) is 1.24. The van der Waals surface area contributed by atoms with Gasteiger partial charge in [-0.2, -0.15) is 5.26 Å². The van der Waals surface area contributed by atoms with E-state index in [1.165, 1.54) is 13.3 Å². The van der Waals surface area contributed by atoms with Crippen molar-refractivity contribution in [2.24, 2.45) is 5.73 Å². The molecule has 4 nitrogen and oxygen atoms in total. The number of nitriles is 1. The van der Waals surface area contributed by atoms with Crippen LogP contribution in [0.25, 0.3) is 0 Å². The predicted molar refractivity (Wildman–Crippen MR) is 53.0 cm³/mol. The molecular weight excluding hydrogens is 202 g/mol. The van der Waals surface area contributed by atoms with Gasteiger partial charge in [0.05, 0.1) is 19.6 Å². The number of pyridine rings is 1. The van der Waals surface area contributed by atoms with Crippen LogP contribution >= 0.6 is 11.6 Å². The molecule has 0 unspecified atom stereocenters. The summed E-state index contributed by atoms with van der Waals surface area (Å²) >= 11 is 5.68. The second kappa shape index (κ2) is 4.80. The number of rotatable bonds is 3. The number of methoxy groups -OCH3 is 1. The van der Waals surface area contributed by atoms with Crippen molar-refractivity contribution in [3.05, 3.63) is 23.0 Å². The van der Waals surface area contributed by atoms with Gasteiger partial charge in [0.25, 0.3) is 0 Å². The summed E-state index contributed by atoms with van der Waals surface area (Å²) in [6.07, 6.45) is 1.75. The molecule has 0 saturated heterocycles. The zero-order valence-corrected chi connectivity index (χ0v) is 8.45. The Morgan fingerprint density at radius 1 is 1.79 bits per heavy atom. The molecule has 0 amide bonds. The first-order valence-corrected chi connectivity index (χ1v) is 4.38. The maximum absolute atomic E-state index is 8.50. The fourth-order valence-electron chi connectivity index (χ4n) is 1.09. The fraction of sp³-hybridized carbons (Fsp3) is 0.333. The van der Waals surface area contributed by atoms with Crippen LogP contribution in [0, 0.1) is 11.3 Å². The molecule has 0 bridgehead atoms. The van der Waals surface area contributed by atoms with E-state index in [-0.39, 0.29) is 12.5 Å². The predicted octanol–water partition coefficient (Wildman–Crippen LogP) is 1.66. The lowest BCUT2D eigenvalue weighted by Crippen LogP contribution is -2.11. The Morgan fingerprint density at radius 2 is 2.50 bits per heavy atom. The lowest BCUT2D eigenvalue weighted by atomic mass is 10.1. The number of ether oxygens (including phenoxy) is 1. The number of hydrogen-bond donors (Lipinski definition) is 1. The van der Waals surface area contributed by atoms with Crippen LogP contribution in [-0.4, -0.2) is 12.1 Å². The van der Waals surface area contributed by atoms with Gasteiger partial charge in [-0.3, -0.25) is 0 Å². The van der Waals surface area contributed by atoms with Crippen molar-refractivity contribution >= 4 is 11.6 Å². The number of nitrogens with zero attached hydrogens (tertiary/aromatic N) is 2. The van der Waals surface area contributed by atoms with Gasteiger partial charge in [0.1, 0.15) is 10.9 Å². The van der Waals surface area contributed by atoms with Crippen LogP contribution in [0.2, 0.25) is 5.15 Å². The van der Waals surface area contributed by atoms with Gasteiger partial charge in [0.2, 0.25) is 0 Å². The van der Waals surface area contributed by atoms with E-state index in [9.17, 15) is 0 Å². The lowest BCUT2D eigenvalue weighted by molar-refractivity contribution is 0.405. The van der Waals surface area contributed by atoms with Gasteiger partial charge in [-0.15, -0.1) is 0 Å². The molecule has 1 heterocycles. The molecule has 0 aliphatic heterocycles. The van der Waals surface area contributed by atoms with Crippen LogP contribution in [-0.2, 0) is 0 Å². The number of hydrogen-bond acceptors (Lipinski definition) is 4. The van der Waals surface area contributed by atoms with Crippen molar-refractivity contribution in [2.45, 2.75) is 12.5 Å². The van der Waals surface area contributed by atoms with E-state index < -0.39 is 0 Å². The Morgan fingerprint density at radius 3 is 3.07 bits per heavy atom. The maximum atomic E-state index is 8.50. The second-order valence-corrected chi connectivity index (χ2v) is 3.10. The molecule has 14 heavy (non-hydrogen) atoms. The zero-order chi connectivity index (χ0) is 10.6. The lowest BCUT2D eigenvalue weighted by Gasteiger charge is -2.12. The molecular formula is C9H10ClN3O. The van der Waals surface area contributed by atoms with E-state index in [0.717, 1.165) is 0 Å². The first-order chi connectivity index (χ1) is 6.69. The van der Waals surface area contributed by atoms with E-state index >= 15 is 0 Å². The third-order valence-electron chi connectivity index (χ3n) is 1.79. The number of aromatic nitrogens is 1. The second-order valence-electron chi connectivity index (χ2n) is 2.72. The summed E-state index contributed by atoms with van der Waals surface area (Å²) in [5.74, 6) is 0.563. The Kier molecular flexibility index (Phi) is 3.69. The van der Waals surface area contributed by atoms with Crippen LogP contribution < -0.4 is 10.5 Å². The highest BCUT2D eigenvalue weighted by atomic mass is 35.5. The third-order valence-corrected chi connectivity index (χ3v) is 2.00. The van der Waals surface area contributed by atoms with Crippen LogP contribution in [0.5, 0.6) is 5.75 Å². The molecule has 0 aliphatic rings. The van der Waals surface area contributed by atoms with Gasteiger partial charge < -0.3 is 10.5 Å². The molecule has 74 valence electrons. The third kappa shape index (κ3) is 2.34. The molecule has 0 spiro atoms. The standard InChI is InChI=1S/C9H10ClN3O/c1-14-8-4-9(10)13-5-6(8)7(12)2-3-11/h4-5,7H,2,12H2,1H3/t7-/m1/s1. The quantitative estimate of drug-likeness (QED) is 0.772. The summed E-state index contributed by atoms with van der Waals surface area (Å²) in [7, 11) is 1.52. The van der Waals surface area contributed by atoms with Crippen LogP contribution in [0.4, 0.5) is 0 Å². The highest BCUT2D eigenvalue weighted by Gasteiger charge is 2.12. The van der Waals surface area contributed by atoms with Crippen molar-refractivity contribution in [2.75, 3.05) is 7.11 Å². The highest BCUT2D eigenvalue weighted by molar-refractivity contribution is 6.29. The molecule has 0 radical (unpaired) electrons. The summed E-state index contributed by atoms with van der Waals surface area (Å²) in [6, 6.07) is 3.18. The molecule has 2 N–H and O–H groups in total. The van der Waals surface area contributed by atoms with E-state index in [1.807, 2.05) is 6.07 Å². The van der Waals surface area contributed by atoms with Crippen LogP contribution in [0.1, 0.15) is 18.0 Å². The van der Waals surface area contributed by atoms with E-state index in [0.29, 0.717) is 16.5 Å². The molecule has 1 aromatic heterocycles. The molecule has 1 rings (SSSR count). The zero-order valence-electron chi connectivity index (χ0n) is 7.70. The monoisotopic (exact) mass is 211 g/mol. The molecule has 1 atom stereocenters. The minimum absolute atomic E-state index is 0.222. The summed E-state index contributed by atoms with van der Waals surface area (Å²) < 4.78 is 5.08. The van der Waals surface area contributed by atoms with Crippen molar-refractivity contribution < 1.29 is 4.74 Å². The van der Waals surface area contributed by atoms with Crippen molar-refractivity contribution in [3.63, 3.8) is 0 Å². The molecule has 0 aromatic carbocycles. The van der Waals surface area contributed by atoms with E-state index in [2.05, 4.69) is 4.98 Å². The van der Waals surface area contributed by atoms with Crippen LogP contribution in [0.3, 0.4) is 0 Å². The van der Waals surface area contributed by atoms with E-state index in [1.54, 1.807) is 6.07 Å². The van der Waals surface area contributed by atoms with Gasteiger partial charge in [0, 0.05) is 23.9 Å². The summed E-state index contributed by atoms with van der Waals surface area (Å²) in [4.78, 5) is 3.89. The van der Waals surface area contributed by atoms with Gasteiger partial charge in [-0.05, 0) is 0 Å². The van der Waals surface area contributed by atoms with Crippen molar-refractivity contribution in [1.29, 1.82) is 5.26 Å². The Bertz CT molecular complexity index is 362. The number of nitrogens with two attached hydrogens (primary N) is 1. The summed E-state index contributed by atoms with van der Waals surface area (Å²) in [5.41, 5.74) is 6.44. The highest BCUT2D eigenvalue weighted by Crippen LogP contribution is 2.26. The van der Waals surface area contributed by atoms with Gasteiger partial charge in [0.15, 0.2) is 0 Å². The molecule has 5 heteroatoms. The van der Waals surface area contributed by atoms with Gasteiger partial charge >= 0.3 is 0 Å². The molecule has 1 aromatic rings. The minimum Gasteiger partial charge on any atom is -0.496 e. The SMILES string of the molecule is COc1cc(Cl)ncc1[C@H](N)CC#N. The summed E-state index contributed by atoms with van der Waals surface area (Å²) in [6.45, 7) is 0. The molecule has 0 aliphatic carbocycles. The van der Waals surface area contributed by atoms with Crippen molar-refractivity contribution in [1.82, 2.24) is 4.98 Å². The first-order valence-electron chi connectivity index (χ1n) is 4.01. The maximum Gasteiger partial charge on any atom is 0.132 e. The molecule has 0 saturated carbocycles. The largest absolute Gasteiger partial charge is 0.496 e. The topological polar surface area (TPSA) is 71.9 Å². The Hall–Kier alpha value is -1.31. The Labute approximate surface area is 87.3 Å². The van der Waals surface area contributed by atoms with Crippen molar-refractivity contribution in [3.8, 4) is 11.8 Å². The summed E-state index contributed by atoms with van der Waals surface area (Å²) in [5, 5.41) is 8.84. The number of halogens is 1. The van der Waals surface area contributed by atoms with Crippen LogP contribution in [0.15, 0.2) is 12.3 Å². The van der Waals surface area contributed by atoms with Gasteiger partial charge in [-0.1, -0.05) is 11.6 Å². The minimum atomic E-state index is -0.389. The van der Waals surface area contributed by atoms with Gasteiger partial charge in [-0.25, -0.2) is 4.98 Å². The average Bonchev–Trinajstić information content (AvgIpc) is 2.17. The Balaban J connectivity index is 3.02. The average molecular weight is 212 g/mol. The van der Waals surface area contributed by atoms with E-state index in [4.69, 9.17) is 27.3 Å².